The lowest BCUT2D eigenvalue weighted by atomic mass is 10.1. The van der Waals surface area contributed by atoms with E-state index in [4.69, 9.17) is 17.0 Å². The maximum Gasteiger partial charge on any atom is 0.170 e. The predicted octanol–water partition coefficient (Wildman–Crippen LogP) is 3.01. The van der Waals surface area contributed by atoms with Crippen LogP contribution in [0.4, 0.5) is 5.69 Å². The second-order valence-electron chi connectivity index (χ2n) is 4.54. The number of nitrogens with one attached hydrogen (secondary N) is 2. The van der Waals surface area contributed by atoms with Crippen LogP contribution in [-0.4, -0.2) is 23.8 Å². The lowest BCUT2D eigenvalue weighted by Crippen LogP contribution is -2.29. The average molecular weight is 301 g/mol. The molecule has 110 valence electrons. The zero-order valence-corrected chi connectivity index (χ0v) is 12.8. The van der Waals surface area contributed by atoms with Gasteiger partial charge in [0.1, 0.15) is 5.75 Å². The van der Waals surface area contributed by atoms with Gasteiger partial charge in [0.25, 0.3) is 0 Å². The summed E-state index contributed by atoms with van der Waals surface area (Å²) in [6.07, 6.45) is 5.40. The molecule has 0 amide bonds. The molecule has 1 heterocycles. The summed E-state index contributed by atoms with van der Waals surface area (Å²) in [6.45, 7) is 0.810. The molecule has 0 bridgehead atoms. The molecular weight excluding hydrogens is 282 g/mol. The maximum atomic E-state index is 5.34. The van der Waals surface area contributed by atoms with E-state index in [0.717, 1.165) is 30.8 Å². The van der Waals surface area contributed by atoms with Crippen LogP contribution in [0.5, 0.6) is 5.75 Å². The Hall–Kier alpha value is -2.14. The van der Waals surface area contributed by atoms with Crippen LogP contribution < -0.4 is 15.4 Å². The van der Waals surface area contributed by atoms with Crippen molar-refractivity contribution in [1.29, 1.82) is 0 Å². The number of methoxy groups -OCH3 is 1. The van der Waals surface area contributed by atoms with Crippen LogP contribution >= 0.6 is 12.2 Å². The van der Waals surface area contributed by atoms with E-state index in [1.807, 2.05) is 30.3 Å². The maximum absolute atomic E-state index is 5.34. The number of hydrogen-bond donors (Lipinski definition) is 2. The quantitative estimate of drug-likeness (QED) is 0.634. The van der Waals surface area contributed by atoms with Gasteiger partial charge in [0.15, 0.2) is 5.11 Å². The van der Waals surface area contributed by atoms with E-state index in [1.54, 1.807) is 19.5 Å². The summed E-state index contributed by atoms with van der Waals surface area (Å²) >= 11 is 5.24. The fourth-order valence-corrected chi connectivity index (χ4v) is 2.22. The van der Waals surface area contributed by atoms with E-state index in [2.05, 4.69) is 21.7 Å². The standard InChI is InChI=1S/C16H19N3OS/c1-20-15-9-3-2-6-13(15)7-4-11-18-16(21)19-14-8-5-10-17-12-14/h2-3,5-6,8-10,12H,4,7,11H2,1H3,(H2,18,19,21). The van der Waals surface area contributed by atoms with E-state index in [-0.39, 0.29) is 0 Å². The van der Waals surface area contributed by atoms with Crippen molar-refractivity contribution in [1.82, 2.24) is 10.3 Å². The summed E-state index contributed by atoms with van der Waals surface area (Å²) in [6, 6.07) is 11.9. The topological polar surface area (TPSA) is 46.2 Å². The largest absolute Gasteiger partial charge is 0.496 e. The normalized spacial score (nSPS) is 9.95. The smallest absolute Gasteiger partial charge is 0.170 e. The molecule has 0 aliphatic carbocycles. The first-order valence-electron chi connectivity index (χ1n) is 6.86. The van der Waals surface area contributed by atoms with Gasteiger partial charge < -0.3 is 15.4 Å². The molecule has 0 aliphatic rings. The Labute approximate surface area is 130 Å². The Morgan fingerprint density at radius 1 is 1.24 bits per heavy atom. The van der Waals surface area contributed by atoms with Crippen LogP contribution in [0.15, 0.2) is 48.8 Å². The van der Waals surface area contributed by atoms with E-state index in [1.165, 1.54) is 5.56 Å². The Morgan fingerprint density at radius 2 is 2.10 bits per heavy atom. The van der Waals surface area contributed by atoms with Crippen LogP contribution in [-0.2, 0) is 6.42 Å². The van der Waals surface area contributed by atoms with Crippen molar-refractivity contribution in [2.75, 3.05) is 19.0 Å². The summed E-state index contributed by atoms with van der Waals surface area (Å²) in [5.41, 5.74) is 2.10. The van der Waals surface area contributed by atoms with E-state index in [0.29, 0.717) is 5.11 Å². The van der Waals surface area contributed by atoms with E-state index in [9.17, 15) is 0 Å². The van der Waals surface area contributed by atoms with Gasteiger partial charge in [0, 0.05) is 12.7 Å². The minimum absolute atomic E-state index is 0.614. The van der Waals surface area contributed by atoms with Gasteiger partial charge in [-0.1, -0.05) is 18.2 Å². The van der Waals surface area contributed by atoms with Crippen LogP contribution in [0, 0.1) is 0 Å². The van der Waals surface area contributed by atoms with Gasteiger partial charge in [-0.15, -0.1) is 0 Å². The molecule has 21 heavy (non-hydrogen) atoms. The van der Waals surface area contributed by atoms with E-state index >= 15 is 0 Å². The highest BCUT2D eigenvalue weighted by Crippen LogP contribution is 2.18. The lowest BCUT2D eigenvalue weighted by Gasteiger charge is -2.11. The number of aromatic nitrogens is 1. The van der Waals surface area contributed by atoms with Gasteiger partial charge in [-0.2, -0.15) is 0 Å². The van der Waals surface area contributed by atoms with Crippen molar-refractivity contribution in [3.8, 4) is 5.75 Å². The first-order valence-corrected chi connectivity index (χ1v) is 7.27. The summed E-state index contributed by atoms with van der Waals surface area (Å²) in [5, 5.41) is 6.90. The highest BCUT2D eigenvalue weighted by Gasteiger charge is 2.01. The van der Waals surface area contributed by atoms with Crippen molar-refractivity contribution in [2.45, 2.75) is 12.8 Å². The Kier molecular flexibility index (Phi) is 5.97. The van der Waals surface area contributed by atoms with E-state index < -0.39 is 0 Å². The number of thiocarbonyl (C=S) groups is 1. The number of rotatable bonds is 6. The Balaban J connectivity index is 1.71. The lowest BCUT2D eigenvalue weighted by molar-refractivity contribution is 0.409. The second-order valence-corrected chi connectivity index (χ2v) is 4.95. The summed E-state index contributed by atoms with van der Waals surface area (Å²) < 4.78 is 5.34. The molecule has 1 aromatic heterocycles. The van der Waals surface area contributed by atoms with Gasteiger partial charge in [-0.25, -0.2) is 0 Å². The second kappa shape index (κ2) is 8.21. The van der Waals surface area contributed by atoms with Gasteiger partial charge in [-0.05, 0) is 48.8 Å². The fraction of sp³-hybridized carbons (Fsp3) is 0.250. The van der Waals surface area contributed by atoms with Crippen LogP contribution in [0.3, 0.4) is 0 Å². The SMILES string of the molecule is COc1ccccc1CCCNC(=S)Nc1cccnc1. The fourth-order valence-electron chi connectivity index (χ4n) is 2.00. The summed E-state index contributed by atoms with van der Waals surface area (Å²) in [4.78, 5) is 4.03. The number of nitrogens with zero attached hydrogens (tertiary/aromatic N) is 1. The molecule has 0 fully saturated rings. The molecule has 0 atom stereocenters. The van der Waals surface area contributed by atoms with Crippen molar-refractivity contribution in [3.63, 3.8) is 0 Å². The Bertz CT molecular complexity index is 575. The van der Waals surface area contributed by atoms with Gasteiger partial charge in [-0.3, -0.25) is 4.98 Å². The molecule has 0 saturated heterocycles. The van der Waals surface area contributed by atoms with Crippen molar-refractivity contribution in [2.24, 2.45) is 0 Å². The molecule has 2 aromatic rings. The molecule has 0 aliphatic heterocycles. The first-order chi connectivity index (χ1) is 10.3. The number of benzene rings is 1. The average Bonchev–Trinajstić information content (AvgIpc) is 2.53. The van der Waals surface area contributed by atoms with Crippen LogP contribution in [0.1, 0.15) is 12.0 Å². The van der Waals surface area contributed by atoms with Crippen molar-refractivity contribution >= 4 is 23.0 Å². The Morgan fingerprint density at radius 3 is 2.86 bits per heavy atom. The molecule has 2 N–H and O–H groups in total. The number of ether oxygens (including phenoxy) is 1. The zero-order valence-electron chi connectivity index (χ0n) is 12.0. The molecular formula is C16H19N3OS. The minimum Gasteiger partial charge on any atom is -0.496 e. The third-order valence-electron chi connectivity index (χ3n) is 3.02. The number of aryl methyl sites for hydroxylation is 1. The third kappa shape index (κ3) is 5.04. The number of hydrogen-bond acceptors (Lipinski definition) is 3. The number of anilines is 1. The van der Waals surface area contributed by atoms with Crippen LogP contribution in [0.25, 0.3) is 0 Å². The third-order valence-corrected chi connectivity index (χ3v) is 3.27. The molecule has 4 nitrogen and oxygen atoms in total. The molecule has 0 radical (unpaired) electrons. The molecule has 5 heteroatoms. The van der Waals surface area contributed by atoms with Gasteiger partial charge in [0.05, 0.1) is 19.0 Å². The monoisotopic (exact) mass is 301 g/mol. The summed E-state index contributed by atoms with van der Waals surface area (Å²) in [5.74, 6) is 0.938. The molecule has 1 aromatic carbocycles. The molecule has 0 spiro atoms. The molecule has 2 rings (SSSR count). The predicted molar refractivity (Wildman–Crippen MR) is 89.8 cm³/mol. The first kappa shape index (κ1) is 15.3. The summed E-state index contributed by atoms with van der Waals surface area (Å²) in [7, 11) is 1.70. The molecule has 0 saturated carbocycles. The van der Waals surface area contributed by atoms with Crippen molar-refractivity contribution in [3.05, 3.63) is 54.4 Å². The van der Waals surface area contributed by atoms with Gasteiger partial charge in [0.2, 0.25) is 0 Å². The number of pyridine rings is 1. The highest BCUT2D eigenvalue weighted by molar-refractivity contribution is 7.80. The van der Waals surface area contributed by atoms with Crippen LogP contribution in [0.2, 0.25) is 0 Å². The number of para-hydroxylation sites is 1. The molecule has 0 unspecified atom stereocenters. The minimum atomic E-state index is 0.614. The van der Waals surface area contributed by atoms with Gasteiger partial charge >= 0.3 is 0 Å². The zero-order chi connectivity index (χ0) is 14.9. The van der Waals surface area contributed by atoms with Crippen molar-refractivity contribution < 1.29 is 4.74 Å². The highest BCUT2D eigenvalue weighted by atomic mass is 32.1.